The zero-order chi connectivity index (χ0) is 16.9. The molecule has 0 radical (unpaired) electrons. The average molecular weight is 327 g/mol. The maximum absolute atomic E-state index is 11.9. The number of methoxy groups -OCH3 is 1. The third kappa shape index (κ3) is 3.55. The van der Waals surface area contributed by atoms with E-state index >= 15 is 0 Å². The minimum atomic E-state index is -0.485. The number of nitrogens with one attached hydrogen (secondary N) is 2. The molecule has 126 valence electrons. The molecule has 3 rings (SSSR count). The molecular weight excluding hydrogens is 306 g/mol. The summed E-state index contributed by atoms with van der Waals surface area (Å²) in [5.74, 6) is 0.446. The summed E-state index contributed by atoms with van der Waals surface area (Å²) in [5, 5.41) is 16.3. The number of fused-ring (bicyclic) bond motifs is 1. The van der Waals surface area contributed by atoms with Crippen LogP contribution in [-0.4, -0.2) is 42.4 Å². The number of benzene rings is 1. The van der Waals surface area contributed by atoms with E-state index in [0.29, 0.717) is 31.0 Å². The first-order valence-corrected chi connectivity index (χ1v) is 7.94. The molecule has 24 heavy (non-hydrogen) atoms. The van der Waals surface area contributed by atoms with E-state index in [0.717, 1.165) is 11.1 Å². The van der Waals surface area contributed by atoms with Crippen LogP contribution in [0.5, 0.6) is 0 Å². The summed E-state index contributed by atoms with van der Waals surface area (Å²) in [6, 6.07) is 11.3. The van der Waals surface area contributed by atoms with Crippen LogP contribution in [0.4, 0.5) is 5.82 Å². The van der Waals surface area contributed by atoms with Gasteiger partial charge in [-0.15, -0.1) is 0 Å². The lowest BCUT2D eigenvalue weighted by Gasteiger charge is -2.18. The Bertz CT molecular complexity index is 703. The Morgan fingerprint density at radius 1 is 1.33 bits per heavy atom. The van der Waals surface area contributed by atoms with Gasteiger partial charge < -0.3 is 20.5 Å². The fraction of sp³-hybridized carbons (Fsp3) is 0.333. The molecule has 1 aliphatic carbocycles. The quantitative estimate of drug-likeness (QED) is 0.701. The summed E-state index contributed by atoms with van der Waals surface area (Å²) >= 11 is 0. The molecule has 2 atom stereocenters. The maximum atomic E-state index is 11.9. The maximum Gasteiger partial charge on any atom is 0.252 e. The van der Waals surface area contributed by atoms with Crippen LogP contribution in [0.25, 0.3) is 0 Å². The molecule has 0 spiro atoms. The standard InChI is InChI=1S/C18H21N3O3/c1-24-9-8-19-18(23)13-6-7-16(20-11-13)21-17-14-5-3-2-4-12(14)10-15(17)22/h2-7,11,15,17,22H,8-10H2,1H3,(H,19,23)(H,20,21)/t15-,17+/m1/s1. The van der Waals surface area contributed by atoms with Gasteiger partial charge in [-0.25, -0.2) is 4.98 Å². The van der Waals surface area contributed by atoms with Gasteiger partial charge in [-0.05, 0) is 23.3 Å². The Hall–Kier alpha value is -2.44. The number of aliphatic hydroxyl groups excluding tert-OH is 1. The van der Waals surface area contributed by atoms with Crippen molar-refractivity contribution < 1.29 is 14.6 Å². The van der Waals surface area contributed by atoms with Gasteiger partial charge in [0.25, 0.3) is 5.91 Å². The number of aliphatic hydroxyl groups is 1. The van der Waals surface area contributed by atoms with E-state index in [-0.39, 0.29) is 11.9 Å². The second kappa shape index (κ2) is 7.42. The van der Waals surface area contributed by atoms with Crippen molar-refractivity contribution in [2.45, 2.75) is 18.6 Å². The highest BCUT2D eigenvalue weighted by atomic mass is 16.5. The smallest absolute Gasteiger partial charge is 0.252 e. The van der Waals surface area contributed by atoms with Gasteiger partial charge in [0.1, 0.15) is 5.82 Å². The van der Waals surface area contributed by atoms with Crippen molar-refractivity contribution in [3.8, 4) is 0 Å². The SMILES string of the molecule is COCCNC(=O)c1ccc(N[C@H]2c3ccccc3C[C@H]2O)nc1. The number of anilines is 1. The van der Waals surface area contributed by atoms with Gasteiger partial charge in [0.05, 0.1) is 24.3 Å². The van der Waals surface area contributed by atoms with Gasteiger partial charge in [0, 0.05) is 26.3 Å². The summed E-state index contributed by atoms with van der Waals surface area (Å²) in [7, 11) is 1.59. The normalized spacial score (nSPS) is 18.9. The number of nitrogens with zero attached hydrogens (tertiary/aromatic N) is 1. The van der Waals surface area contributed by atoms with E-state index in [4.69, 9.17) is 4.74 Å². The molecule has 1 aliphatic rings. The Morgan fingerprint density at radius 2 is 2.17 bits per heavy atom. The predicted molar refractivity (Wildman–Crippen MR) is 91.0 cm³/mol. The molecule has 0 fully saturated rings. The van der Waals surface area contributed by atoms with Crippen LogP contribution in [0.1, 0.15) is 27.5 Å². The molecule has 0 bridgehead atoms. The molecule has 0 aliphatic heterocycles. The van der Waals surface area contributed by atoms with E-state index in [1.807, 2.05) is 24.3 Å². The fourth-order valence-electron chi connectivity index (χ4n) is 2.89. The number of pyridine rings is 1. The Labute approximate surface area is 140 Å². The van der Waals surface area contributed by atoms with Gasteiger partial charge in [0.2, 0.25) is 0 Å². The summed E-state index contributed by atoms with van der Waals surface area (Å²) in [5.41, 5.74) is 2.73. The zero-order valence-corrected chi connectivity index (χ0v) is 13.5. The number of aromatic nitrogens is 1. The molecule has 1 aromatic heterocycles. The van der Waals surface area contributed by atoms with Crippen LogP contribution in [0.3, 0.4) is 0 Å². The minimum absolute atomic E-state index is 0.183. The van der Waals surface area contributed by atoms with Gasteiger partial charge >= 0.3 is 0 Å². The number of rotatable bonds is 6. The fourth-order valence-corrected chi connectivity index (χ4v) is 2.89. The van der Waals surface area contributed by atoms with Crippen LogP contribution in [0, 0.1) is 0 Å². The molecule has 1 amide bonds. The lowest BCUT2D eigenvalue weighted by atomic mass is 10.1. The van der Waals surface area contributed by atoms with Crippen LogP contribution in [-0.2, 0) is 11.2 Å². The highest BCUT2D eigenvalue weighted by molar-refractivity contribution is 5.94. The van der Waals surface area contributed by atoms with Gasteiger partial charge in [-0.2, -0.15) is 0 Å². The van der Waals surface area contributed by atoms with E-state index in [2.05, 4.69) is 15.6 Å². The number of hydrogen-bond acceptors (Lipinski definition) is 5. The topological polar surface area (TPSA) is 83.5 Å². The summed E-state index contributed by atoms with van der Waals surface area (Å²) in [6.45, 7) is 0.929. The zero-order valence-electron chi connectivity index (χ0n) is 13.5. The van der Waals surface area contributed by atoms with Crippen LogP contribution >= 0.6 is 0 Å². The molecule has 6 heteroatoms. The predicted octanol–water partition coefficient (Wildman–Crippen LogP) is 1.53. The van der Waals surface area contributed by atoms with Crippen molar-refractivity contribution in [2.24, 2.45) is 0 Å². The third-order valence-electron chi connectivity index (χ3n) is 4.12. The molecule has 6 nitrogen and oxygen atoms in total. The first-order chi connectivity index (χ1) is 11.7. The molecule has 1 aromatic carbocycles. The lowest BCUT2D eigenvalue weighted by molar-refractivity contribution is 0.0936. The van der Waals surface area contributed by atoms with Crippen molar-refractivity contribution in [3.05, 3.63) is 59.3 Å². The average Bonchev–Trinajstić information content (AvgIpc) is 2.91. The largest absolute Gasteiger partial charge is 0.390 e. The lowest BCUT2D eigenvalue weighted by Crippen LogP contribution is -2.27. The number of carbonyl (C=O) groups is 1. The molecule has 1 heterocycles. The van der Waals surface area contributed by atoms with Crippen LogP contribution < -0.4 is 10.6 Å². The summed E-state index contributed by atoms with van der Waals surface area (Å²) in [6.07, 6.45) is 1.67. The van der Waals surface area contributed by atoms with Crippen molar-refractivity contribution >= 4 is 11.7 Å². The van der Waals surface area contributed by atoms with Gasteiger partial charge in [-0.3, -0.25) is 4.79 Å². The van der Waals surface area contributed by atoms with Crippen molar-refractivity contribution in [1.82, 2.24) is 10.3 Å². The molecular formula is C18H21N3O3. The number of amides is 1. The minimum Gasteiger partial charge on any atom is -0.390 e. The highest BCUT2D eigenvalue weighted by Crippen LogP contribution is 2.33. The summed E-state index contributed by atoms with van der Waals surface area (Å²) < 4.78 is 4.90. The van der Waals surface area contributed by atoms with E-state index in [9.17, 15) is 9.90 Å². The third-order valence-corrected chi connectivity index (χ3v) is 4.12. The van der Waals surface area contributed by atoms with Gasteiger partial charge in [-0.1, -0.05) is 24.3 Å². The second-order valence-electron chi connectivity index (χ2n) is 5.77. The first-order valence-electron chi connectivity index (χ1n) is 7.94. The highest BCUT2D eigenvalue weighted by Gasteiger charge is 2.30. The molecule has 3 N–H and O–H groups in total. The molecule has 0 saturated carbocycles. The Morgan fingerprint density at radius 3 is 2.92 bits per heavy atom. The number of carbonyl (C=O) groups excluding carboxylic acids is 1. The van der Waals surface area contributed by atoms with Crippen molar-refractivity contribution in [2.75, 3.05) is 25.6 Å². The Balaban J connectivity index is 1.65. The van der Waals surface area contributed by atoms with Crippen molar-refractivity contribution in [3.63, 3.8) is 0 Å². The first kappa shape index (κ1) is 16.4. The van der Waals surface area contributed by atoms with E-state index in [1.54, 1.807) is 19.2 Å². The number of hydrogen-bond donors (Lipinski definition) is 3. The number of ether oxygens (including phenoxy) is 1. The monoisotopic (exact) mass is 327 g/mol. The van der Waals surface area contributed by atoms with Crippen LogP contribution in [0.15, 0.2) is 42.6 Å². The van der Waals surface area contributed by atoms with E-state index in [1.165, 1.54) is 6.20 Å². The Kier molecular flexibility index (Phi) is 5.08. The molecule has 0 unspecified atom stereocenters. The second-order valence-corrected chi connectivity index (χ2v) is 5.77. The van der Waals surface area contributed by atoms with E-state index < -0.39 is 6.10 Å². The van der Waals surface area contributed by atoms with Crippen LogP contribution in [0.2, 0.25) is 0 Å². The molecule has 2 aromatic rings. The van der Waals surface area contributed by atoms with Crippen molar-refractivity contribution in [1.29, 1.82) is 0 Å². The van der Waals surface area contributed by atoms with Gasteiger partial charge in [0.15, 0.2) is 0 Å². The summed E-state index contributed by atoms with van der Waals surface area (Å²) in [4.78, 5) is 16.2. The molecule has 0 saturated heterocycles.